The van der Waals surface area contributed by atoms with Crippen molar-refractivity contribution in [1.82, 2.24) is 10.2 Å². The predicted molar refractivity (Wildman–Crippen MR) is 104 cm³/mol. The van der Waals surface area contributed by atoms with Gasteiger partial charge in [0.05, 0.1) is 6.54 Å². The molecule has 0 radical (unpaired) electrons. The molecule has 1 atom stereocenters. The summed E-state index contributed by atoms with van der Waals surface area (Å²) in [5.74, 6) is -0.579. The van der Waals surface area contributed by atoms with Crippen LogP contribution >= 0.6 is 0 Å². The lowest BCUT2D eigenvalue weighted by Crippen LogP contribution is -2.44. The Morgan fingerprint density at radius 3 is 2.44 bits per heavy atom. The molecular formula is C22H24N2O3. The Labute approximate surface area is 159 Å². The molecule has 1 N–H and O–H groups in total. The van der Waals surface area contributed by atoms with Crippen LogP contribution in [0.2, 0.25) is 0 Å². The molecule has 1 aliphatic heterocycles. The minimum atomic E-state index is -0.991. The highest BCUT2D eigenvalue weighted by atomic mass is 16.2. The van der Waals surface area contributed by atoms with Crippen molar-refractivity contribution in [3.05, 3.63) is 70.8 Å². The number of aryl methyl sites for hydroxylation is 3. The Bertz CT molecular complexity index is 892. The summed E-state index contributed by atoms with van der Waals surface area (Å²) < 4.78 is 0. The number of carbonyl (C=O) groups excluding carboxylic acids is 3. The Morgan fingerprint density at radius 1 is 1.07 bits per heavy atom. The van der Waals surface area contributed by atoms with E-state index in [2.05, 4.69) is 5.32 Å². The van der Waals surface area contributed by atoms with Gasteiger partial charge in [-0.25, -0.2) is 4.79 Å². The van der Waals surface area contributed by atoms with E-state index in [1.165, 1.54) is 0 Å². The van der Waals surface area contributed by atoms with Gasteiger partial charge in [0, 0.05) is 5.56 Å². The number of imide groups is 1. The maximum atomic E-state index is 12.9. The third kappa shape index (κ3) is 3.92. The van der Waals surface area contributed by atoms with Crippen LogP contribution in [-0.2, 0) is 11.2 Å². The van der Waals surface area contributed by atoms with E-state index in [1.807, 2.05) is 56.3 Å². The molecule has 3 amide bonds. The van der Waals surface area contributed by atoms with Crippen LogP contribution in [0.25, 0.3) is 0 Å². The van der Waals surface area contributed by atoms with Gasteiger partial charge in [0.2, 0.25) is 0 Å². The molecule has 2 aromatic carbocycles. The van der Waals surface area contributed by atoms with Crippen molar-refractivity contribution in [3.8, 4) is 0 Å². The lowest BCUT2D eigenvalue weighted by molar-refractivity contribution is -0.130. The van der Waals surface area contributed by atoms with E-state index in [0.717, 1.165) is 21.6 Å². The average molecular weight is 364 g/mol. The van der Waals surface area contributed by atoms with Crippen molar-refractivity contribution in [1.29, 1.82) is 0 Å². The smallest absolute Gasteiger partial charge is 0.323 e. The number of nitrogens with zero attached hydrogens (tertiary/aromatic N) is 1. The molecule has 0 spiro atoms. The van der Waals surface area contributed by atoms with Crippen molar-refractivity contribution in [2.45, 2.75) is 39.2 Å². The third-order valence-electron chi connectivity index (χ3n) is 5.09. The number of Topliss-reactive ketones (excluding diaryl/α,β-unsaturated/α-hetero) is 1. The fraction of sp³-hybridized carbons (Fsp3) is 0.318. The van der Waals surface area contributed by atoms with E-state index in [0.29, 0.717) is 18.4 Å². The molecule has 3 rings (SSSR count). The second-order valence-electron chi connectivity index (χ2n) is 7.38. The van der Waals surface area contributed by atoms with Crippen LogP contribution in [0.5, 0.6) is 0 Å². The molecule has 1 heterocycles. The monoisotopic (exact) mass is 364 g/mol. The van der Waals surface area contributed by atoms with Gasteiger partial charge in [-0.3, -0.25) is 14.5 Å². The second kappa shape index (κ2) is 7.35. The molecule has 140 valence electrons. The maximum absolute atomic E-state index is 12.9. The van der Waals surface area contributed by atoms with Crippen LogP contribution in [-0.4, -0.2) is 34.7 Å². The first-order valence-corrected chi connectivity index (χ1v) is 9.09. The van der Waals surface area contributed by atoms with Crippen LogP contribution in [0.15, 0.2) is 48.5 Å². The van der Waals surface area contributed by atoms with E-state index in [9.17, 15) is 14.4 Å². The largest absolute Gasteiger partial charge is 0.325 e. The lowest BCUT2D eigenvalue weighted by Gasteiger charge is -2.21. The minimum Gasteiger partial charge on any atom is -0.323 e. The van der Waals surface area contributed by atoms with E-state index >= 15 is 0 Å². The number of amides is 3. The van der Waals surface area contributed by atoms with Gasteiger partial charge in [-0.05, 0) is 44.7 Å². The zero-order chi connectivity index (χ0) is 19.6. The van der Waals surface area contributed by atoms with E-state index in [4.69, 9.17) is 0 Å². The third-order valence-corrected chi connectivity index (χ3v) is 5.09. The molecule has 27 heavy (non-hydrogen) atoms. The molecule has 0 aromatic heterocycles. The highest BCUT2D eigenvalue weighted by molar-refractivity contribution is 6.11. The number of ketones is 1. The summed E-state index contributed by atoms with van der Waals surface area (Å²) in [5.41, 5.74) is 2.56. The van der Waals surface area contributed by atoms with Crippen molar-refractivity contribution in [2.24, 2.45) is 0 Å². The Balaban J connectivity index is 1.70. The molecule has 1 fully saturated rings. The topological polar surface area (TPSA) is 66.5 Å². The molecule has 1 saturated heterocycles. The summed E-state index contributed by atoms with van der Waals surface area (Å²) in [6.07, 6.45) is 1.15. The van der Waals surface area contributed by atoms with Crippen LogP contribution in [0, 0.1) is 13.8 Å². The minimum absolute atomic E-state index is 0.233. The normalized spacial score (nSPS) is 19.3. The molecule has 5 heteroatoms. The van der Waals surface area contributed by atoms with Crippen molar-refractivity contribution in [2.75, 3.05) is 6.54 Å². The van der Waals surface area contributed by atoms with E-state index < -0.39 is 11.6 Å². The molecule has 1 aliphatic rings. The quantitative estimate of drug-likeness (QED) is 0.631. The van der Waals surface area contributed by atoms with Gasteiger partial charge in [-0.2, -0.15) is 0 Å². The average Bonchev–Trinajstić information content (AvgIpc) is 2.84. The molecule has 2 aromatic rings. The number of carbonyl (C=O) groups is 3. The number of rotatable bonds is 6. The standard InChI is InChI=1S/C22H24N2O3/c1-15-9-10-18(16(2)13-15)19(25)14-24-20(26)22(3,23-21(24)27)12-11-17-7-5-4-6-8-17/h4-10,13H,11-12,14H2,1-3H3,(H,23,27). The first kappa shape index (κ1) is 18.8. The number of benzene rings is 2. The summed E-state index contributed by atoms with van der Waals surface area (Å²) in [6.45, 7) is 5.29. The van der Waals surface area contributed by atoms with Gasteiger partial charge in [0.25, 0.3) is 5.91 Å². The summed E-state index contributed by atoms with van der Waals surface area (Å²) in [6, 6.07) is 14.8. The van der Waals surface area contributed by atoms with Crippen LogP contribution in [0.3, 0.4) is 0 Å². The molecule has 0 bridgehead atoms. The van der Waals surface area contributed by atoms with E-state index in [-0.39, 0.29) is 18.2 Å². The second-order valence-corrected chi connectivity index (χ2v) is 7.38. The Hall–Kier alpha value is -2.95. The zero-order valence-corrected chi connectivity index (χ0v) is 15.9. The van der Waals surface area contributed by atoms with Crippen LogP contribution in [0.1, 0.15) is 40.4 Å². The van der Waals surface area contributed by atoms with Gasteiger partial charge < -0.3 is 5.32 Å². The van der Waals surface area contributed by atoms with Crippen LogP contribution < -0.4 is 5.32 Å². The highest BCUT2D eigenvalue weighted by Crippen LogP contribution is 2.24. The first-order chi connectivity index (χ1) is 12.8. The van der Waals surface area contributed by atoms with Gasteiger partial charge in [-0.15, -0.1) is 0 Å². The first-order valence-electron chi connectivity index (χ1n) is 9.09. The van der Waals surface area contributed by atoms with Crippen molar-refractivity contribution in [3.63, 3.8) is 0 Å². The fourth-order valence-corrected chi connectivity index (χ4v) is 3.45. The Morgan fingerprint density at radius 2 is 1.78 bits per heavy atom. The molecule has 0 aliphatic carbocycles. The zero-order valence-electron chi connectivity index (χ0n) is 15.9. The van der Waals surface area contributed by atoms with Crippen molar-refractivity contribution < 1.29 is 14.4 Å². The number of urea groups is 1. The summed E-state index contributed by atoms with van der Waals surface area (Å²) in [7, 11) is 0. The molecule has 1 unspecified atom stereocenters. The SMILES string of the molecule is Cc1ccc(C(=O)CN2C(=O)NC(C)(CCc3ccccc3)C2=O)c(C)c1. The number of hydrogen-bond acceptors (Lipinski definition) is 3. The number of hydrogen-bond donors (Lipinski definition) is 1. The van der Waals surface area contributed by atoms with Crippen LogP contribution in [0.4, 0.5) is 4.79 Å². The van der Waals surface area contributed by atoms with Gasteiger partial charge in [0.15, 0.2) is 5.78 Å². The lowest BCUT2D eigenvalue weighted by atomic mass is 9.93. The number of nitrogens with one attached hydrogen (secondary N) is 1. The van der Waals surface area contributed by atoms with Gasteiger partial charge >= 0.3 is 6.03 Å². The summed E-state index contributed by atoms with van der Waals surface area (Å²) >= 11 is 0. The highest BCUT2D eigenvalue weighted by Gasteiger charge is 2.47. The van der Waals surface area contributed by atoms with Gasteiger partial charge in [-0.1, -0.05) is 54.1 Å². The molecule has 0 saturated carbocycles. The molecule has 5 nitrogen and oxygen atoms in total. The molecular weight excluding hydrogens is 340 g/mol. The predicted octanol–water partition coefficient (Wildman–Crippen LogP) is 3.43. The van der Waals surface area contributed by atoms with E-state index in [1.54, 1.807) is 13.0 Å². The summed E-state index contributed by atoms with van der Waals surface area (Å²) in [5, 5.41) is 2.77. The summed E-state index contributed by atoms with van der Waals surface area (Å²) in [4.78, 5) is 38.9. The maximum Gasteiger partial charge on any atom is 0.325 e. The fourth-order valence-electron chi connectivity index (χ4n) is 3.45. The Kier molecular flexibility index (Phi) is 5.13. The van der Waals surface area contributed by atoms with Gasteiger partial charge in [0.1, 0.15) is 5.54 Å². The van der Waals surface area contributed by atoms with Crippen molar-refractivity contribution >= 4 is 17.7 Å².